The van der Waals surface area contributed by atoms with Crippen molar-refractivity contribution in [3.8, 4) is 11.3 Å². The lowest BCUT2D eigenvalue weighted by atomic mass is 10.1. The number of fused-ring (bicyclic) bond motifs is 2. The van der Waals surface area contributed by atoms with Crippen LogP contribution in [0, 0.1) is 0 Å². The zero-order valence-electron chi connectivity index (χ0n) is 15.8. The molecule has 1 aliphatic heterocycles. The Bertz CT molecular complexity index is 1110. The zero-order chi connectivity index (χ0) is 18.9. The lowest BCUT2D eigenvalue weighted by Crippen LogP contribution is -2.37. The van der Waals surface area contributed by atoms with Crippen LogP contribution >= 0.6 is 0 Å². The van der Waals surface area contributed by atoms with Gasteiger partial charge in [0.05, 0.1) is 26.1 Å². The summed E-state index contributed by atoms with van der Waals surface area (Å²) < 4.78 is 12.8. The number of anilines is 1. The predicted octanol–water partition coefficient (Wildman–Crippen LogP) is 2.46. The second-order valence-electron chi connectivity index (χ2n) is 6.82. The number of imidazole rings is 1. The van der Waals surface area contributed by atoms with E-state index >= 15 is 0 Å². The van der Waals surface area contributed by atoms with Crippen LogP contribution in [0.25, 0.3) is 33.3 Å². The highest BCUT2D eigenvalue weighted by Gasteiger charge is 2.21. The molecule has 3 aromatic heterocycles. The second kappa shape index (κ2) is 7.21. The molecule has 28 heavy (non-hydrogen) atoms. The first-order valence-corrected chi connectivity index (χ1v) is 9.46. The third kappa shape index (κ3) is 2.90. The quantitative estimate of drug-likeness (QED) is 0.575. The molecule has 0 radical (unpaired) electrons. The fraction of sp³-hybridized carbons (Fsp3) is 0.350. The third-order valence-electron chi connectivity index (χ3n) is 5.13. The summed E-state index contributed by atoms with van der Waals surface area (Å²) in [6.07, 6.45) is 3.77. The summed E-state index contributed by atoms with van der Waals surface area (Å²) in [5, 5.41) is 1.13. The van der Waals surface area contributed by atoms with Crippen LogP contribution in [0.3, 0.4) is 0 Å². The van der Waals surface area contributed by atoms with E-state index in [4.69, 9.17) is 19.4 Å². The fourth-order valence-corrected chi connectivity index (χ4v) is 3.67. The van der Waals surface area contributed by atoms with Gasteiger partial charge in [0.1, 0.15) is 11.2 Å². The van der Waals surface area contributed by atoms with E-state index < -0.39 is 0 Å². The van der Waals surface area contributed by atoms with Gasteiger partial charge in [0, 0.05) is 49.4 Å². The van der Waals surface area contributed by atoms with E-state index in [1.54, 1.807) is 7.11 Å². The zero-order valence-corrected chi connectivity index (χ0v) is 15.8. The van der Waals surface area contributed by atoms with Gasteiger partial charge in [0.25, 0.3) is 0 Å². The van der Waals surface area contributed by atoms with Crippen molar-refractivity contribution in [2.75, 3.05) is 44.9 Å². The van der Waals surface area contributed by atoms with Gasteiger partial charge >= 0.3 is 0 Å². The number of hydrogen-bond acceptors (Lipinski definition) is 6. The largest absolute Gasteiger partial charge is 0.383 e. The number of nitrogens with one attached hydrogen (secondary N) is 1. The molecule has 0 saturated carbocycles. The van der Waals surface area contributed by atoms with Gasteiger partial charge in [0.2, 0.25) is 5.95 Å². The molecule has 1 saturated heterocycles. The van der Waals surface area contributed by atoms with Crippen molar-refractivity contribution in [3.63, 3.8) is 0 Å². The van der Waals surface area contributed by atoms with Crippen LogP contribution < -0.4 is 4.90 Å². The molecule has 0 atom stereocenters. The molecule has 1 fully saturated rings. The maximum atomic E-state index is 5.50. The van der Waals surface area contributed by atoms with Gasteiger partial charge in [0.15, 0.2) is 5.65 Å². The maximum Gasteiger partial charge on any atom is 0.228 e. The van der Waals surface area contributed by atoms with E-state index in [1.807, 2.05) is 23.2 Å². The third-order valence-corrected chi connectivity index (χ3v) is 5.13. The molecule has 0 bridgehead atoms. The van der Waals surface area contributed by atoms with Crippen LogP contribution in [0.4, 0.5) is 5.95 Å². The number of aromatic nitrogens is 5. The summed E-state index contributed by atoms with van der Waals surface area (Å²) in [6, 6.07) is 8.28. The Morgan fingerprint density at radius 3 is 2.93 bits per heavy atom. The Morgan fingerprint density at radius 2 is 2.07 bits per heavy atom. The first-order valence-electron chi connectivity index (χ1n) is 9.46. The summed E-state index contributed by atoms with van der Waals surface area (Å²) in [5.74, 6) is 0.720. The average molecular weight is 378 g/mol. The molecule has 8 heteroatoms. The molecule has 0 aliphatic carbocycles. The Labute approximate surface area is 162 Å². The minimum atomic E-state index is 0.602. The molecule has 4 aromatic rings. The number of benzene rings is 1. The number of H-pyrrole nitrogens is 1. The molecule has 144 valence electrons. The number of hydrogen-bond donors (Lipinski definition) is 1. The summed E-state index contributed by atoms with van der Waals surface area (Å²) >= 11 is 0. The molecule has 4 heterocycles. The topological polar surface area (TPSA) is 81.1 Å². The van der Waals surface area contributed by atoms with Crippen molar-refractivity contribution in [1.82, 2.24) is 24.5 Å². The van der Waals surface area contributed by atoms with Crippen LogP contribution in [-0.2, 0) is 16.0 Å². The van der Waals surface area contributed by atoms with Gasteiger partial charge in [-0.2, -0.15) is 4.98 Å². The predicted molar refractivity (Wildman–Crippen MR) is 108 cm³/mol. The summed E-state index contributed by atoms with van der Waals surface area (Å²) in [5.41, 5.74) is 4.62. The second-order valence-corrected chi connectivity index (χ2v) is 6.82. The van der Waals surface area contributed by atoms with E-state index in [9.17, 15) is 0 Å². The summed E-state index contributed by atoms with van der Waals surface area (Å²) in [4.78, 5) is 19.9. The van der Waals surface area contributed by atoms with Crippen molar-refractivity contribution in [2.45, 2.75) is 6.54 Å². The molecule has 5 rings (SSSR count). The lowest BCUT2D eigenvalue weighted by molar-refractivity contribution is 0.122. The Kier molecular flexibility index (Phi) is 4.42. The van der Waals surface area contributed by atoms with Crippen LogP contribution in [0.15, 0.2) is 36.8 Å². The van der Waals surface area contributed by atoms with E-state index in [-0.39, 0.29) is 0 Å². The Balaban J connectivity index is 1.72. The monoisotopic (exact) mass is 378 g/mol. The SMILES string of the molecule is COCCn1cnc2c(-c3cccc4[nH]ccc34)nc(N3CCOCC3)nc21. The Morgan fingerprint density at radius 1 is 1.18 bits per heavy atom. The molecule has 1 N–H and O–H groups in total. The highest BCUT2D eigenvalue weighted by Crippen LogP contribution is 2.32. The van der Waals surface area contributed by atoms with Gasteiger partial charge in [-0.15, -0.1) is 0 Å². The first-order chi connectivity index (χ1) is 13.8. The number of ether oxygens (including phenoxy) is 2. The molecule has 0 spiro atoms. The molecule has 1 aliphatic rings. The van der Waals surface area contributed by atoms with Crippen LogP contribution in [-0.4, -0.2) is 64.5 Å². The highest BCUT2D eigenvalue weighted by atomic mass is 16.5. The van der Waals surface area contributed by atoms with Gasteiger partial charge in [-0.3, -0.25) is 0 Å². The van der Waals surface area contributed by atoms with Gasteiger partial charge in [-0.25, -0.2) is 9.97 Å². The molecular formula is C20H22N6O2. The molecular weight excluding hydrogens is 356 g/mol. The van der Waals surface area contributed by atoms with Gasteiger partial charge in [-0.1, -0.05) is 12.1 Å². The number of rotatable bonds is 5. The van der Waals surface area contributed by atoms with Crippen molar-refractivity contribution in [1.29, 1.82) is 0 Å². The number of methoxy groups -OCH3 is 1. The van der Waals surface area contributed by atoms with E-state index in [0.717, 1.165) is 52.4 Å². The molecule has 1 aromatic carbocycles. The van der Waals surface area contributed by atoms with Crippen LogP contribution in [0.5, 0.6) is 0 Å². The molecule has 0 amide bonds. The smallest absolute Gasteiger partial charge is 0.228 e. The molecule has 8 nitrogen and oxygen atoms in total. The standard InChI is InChI=1S/C20H22N6O2/c1-27-10-7-26-13-22-18-17(15-3-2-4-16-14(15)5-6-21-16)23-20(24-19(18)26)25-8-11-28-12-9-25/h2-6,13,21H,7-12H2,1H3. The van der Waals surface area contributed by atoms with Crippen molar-refractivity contribution < 1.29 is 9.47 Å². The normalized spacial score (nSPS) is 15.0. The summed E-state index contributed by atoms with van der Waals surface area (Å²) in [6.45, 7) is 4.24. The van der Waals surface area contributed by atoms with Gasteiger partial charge in [-0.05, 0) is 12.1 Å². The minimum Gasteiger partial charge on any atom is -0.383 e. The van der Waals surface area contributed by atoms with E-state index in [0.29, 0.717) is 26.4 Å². The highest BCUT2D eigenvalue weighted by molar-refractivity contribution is 6.00. The average Bonchev–Trinajstić information content (AvgIpc) is 3.39. The van der Waals surface area contributed by atoms with E-state index in [1.165, 1.54) is 0 Å². The fourth-order valence-electron chi connectivity index (χ4n) is 3.67. The maximum absolute atomic E-state index is 5.50. The van der Waals surface area contributed by atoms with E-state index in [2.05, 4.69) is 33.1 Å². The van der Waals surface area contributed by atoms with Crippen molar-refractivity contribution in [2.24, 2.45) is 0 Å². The van der Waals surface area contributed by atoms with Crippen molar-refractivity contribution in [3.05, 3.63) is 36.8 Å². The summed E-state index contributed by atoms with van der Waals surface area (Å²) in [7, 11) is 1.70. The van der Waals surface area contributed by atoms with Crippen molar-refractivity contribution >= 4 is 28.0 Å². The van der Waals surface area contributed by atoms with Gasteiger partial charge < -0.3 is 23.9 Å². The Hall–Kier alpha value is -2.97. The lowest BCUT2D eigenvalue weighted by Gasteiger charge is -2.27. The minimum absolute atomic E-state index is 0.602. The number of aromatic amines is 1. The first kappa shape index (κ1) is 17.2. The number of morpholine rings is 1. The molecule has 0 unspecified atom stereocenters. The van der Waals surface area contributed by atoms with Crippen LogP contribution in [0.1, 0.15) is 0 Å². The number of nitrogens with zero attached hydrogens (tertiary/aromatic N) is 5. The van der Waals surface area contributed by atoms with Crippen LogP contribution in [0.2, 0.25) is 0 Å².